The van der Waals surface area contributed by atoms with Gasteiger partial charge in [0.25, 0.3) is 0 Å². The number of phenolic OH excluding ortho intramolecular Hbond substituents is 1. The second-order valence-electron chi connectivity index (χ2n) is 5.42. The highest BCUT2D eigenvalue weighted by Gasteiger charge is 2.29. The van der Waals surface area contributed by atoms with Crippen LogP contribution in [0.5, 0.6) is 5.75 Å². The Morgan fingerprint density at radius 3 is 2.68 bits per heavy atom. The SMILES string of the molecule is O=C(O)C(CNCc1cc(Cl)cc(Cl)c1O)C1CCOCC1. The van der Waals surface area contributed by atoms with Crippen LogP contribution >= 0.6 is 23.2 Å². The Bertz CT molecular complexity index is 533. The highest BCUT2D eigenvalue weighted by Crippen LogP contribution is 2.31. The van der Waals surface area contributed by atoms with Crippen LogP contribution in [0.4, 0.5) is 0 Å². The molecule has 1 saturated heterocycles. The number of halogens is 2. The van der Waals surface area contributed by atoms with Gasteiger partial charge in [0.1, 0.15) is 5.75 Å². The smallest absolute Gasteiger partial charge is 0.308 e. The summed E-state index contributed by atoms with van der Waals surface area (Å²) in [6, 6.07) is 3.07. The minimum atomic E-state index is -0.812. The maximum atomic E-state index is 11.4. The average Bonchev–Trinajstić information content (AvgIpc) is 2.48. The molecule has 0 amide bonds. The van der Waals surface area contributed by atoms with Gasteiger partial charge >= 0.3 is 5.97 Å². The number of ether oxygens (including phenoxy) is 1. The molecule has 122 valence electrons. The molecule has 22 heavy (non-hydrogen) atoms. The van der Waals surface area contributed by atoms with E-state index in [4.69, 9.17) is 27.9 Å². The van der Waals surface area contributed by atoms with Crippen LogP contribution < -0.4 is 5.32 Å². The molecule has 1 aromatic rings. The van der Waals surface area contributed by atoms with Crippen LogP contribution in [0.25, 0.3) is 0 Å². The van der Waals surface area contributed by atoms with Crippen molar-refractivity contribution in [3.63, 3.8) is 0 Å². The first-order chi connectivity index (χ1) is 10.5. The van der Waals surface area contributed by atoms with Crippen molar-refractivity contribution in [2.45, 2.75) is 19.4 Å². The Balaban J connectivity index is 1.94. The molecule has 3 N–H and O–H groups in total. The number of hydrogen-bond donors (Lipinski definition) is 3. The number of carbonyl (C=O) groups is 1. The quantitative estimate of drug-likeness (QED) is 0.737. The number of carboxylic acid groups (broad SMARTS) is 1. The van der Waals surface area contributed by atoms with E-state index in [1.165, 1.54) is 6.07 Å². The number of benzene rings is 1. The van der Waals surface area contributed by atoms with Crippen molar-refractivity contribution in [3.8, 4) is 5.75 Å². The van der Waals surface area contributed by atoms with Gasteiger partial charge < -0.3 is 20.3 Å². The average molecular weight is 348 g/mol. The maximum Gasteiger partial charge on any atom is 0.308 e. The largest absolute Gasteiger partial charge is 0.506 e. The van der Waals surface area contributed by atoms with Gasteiger partial charge in [-0.25, -0.2) is 0 Å². The van der Waals surface area contributed by atoms with Crippen molar-refractivity contribution in [2.75, 3.05) is 19.8 Å². The summed E-state index contributed by atoms with van der Waals surface area (Å²) in [5.41, 5.74) is 0.550. The number of aliphatic carboxylic acids is 1. The van der Waals surface area contributed by atoms with E-state index in [1.54, 1.807) is 6.07 Å². The van der Waals surface area contributed by atoms with Crippen LogP contribution in [0, 0.1) is 11.8 Å². The van der Waals surface area contributed by atoms with Crippen LogP contribution in [0.3, 0.4) is 0 Å². The van der Waals surface area contributed by atoms with Crippen molar-refractivity contribution in [1.29, 1.82) is 0 Å². The summed E-state index contributed by atoms with van der Waals surface area (Å²) in [5, 5.41) is 23.0. The molecule has 1 atom stereocenters. The molecule has 0 radical (unpaired) electrons. The van der Waals surface area contributed by atoms with Crippen LogP contribution in [0.2, 0.25) is 10.0 Å². The van der Waals surface area contributed by atoms with Gasteiger partial charge in [0.15, 0.2) is 0 Å². The first kappa shape index (κ1) is 17.3. The third-order valence-corrected chi connectivity index (χ3v) is 4.45. The van der Waals surface area contributed by atoms with E-state index >= 15 is 0 Å². The molecule has 0 bridgehead atoms. The monoisotopic (exact) mass is 347 g/mol. The van der Waals surface area contributed by atoms with E-state index in [2.05, 4.69) is 5.32 Å². The fourth-order valence-electron chi connectivity index (χ4n) is 2.69. The second-order valence-corrected chi connectivity index (χ2v) is 6.26. The van der Waals surface area contributed by atoms with Crippen LogP contribution in [0.1, 0.15) is 18.4 Å². The van der Waals surface area contributed by atoms with E-state index in [-0.39, 0.29) is 16.7 Å². The van der Waals surface area contributed by atoms with E-state index in [9.17, 15) is 15.0 Å². The van der Waals surface area contributed by atoms with Crippen molar-refractivity contribution in [3.05, 3.63) is 27.7 Å². The Labute approximate surface area is 139 Å². The van der Waals surface area contributed by atoms with Gasteiger partial charge in [-0.15, -0.1) is 0 Å². The van der Waals surface area contributed by atoms with E-state index in [0.29, 0.717) is 36.9 Å². The minimum Gasteiger partial charge on any atom is -0.506 e. The molecule has 0 aliphatic carbocycles. The number of carboxylic acids is 1. The van der Waals surface area contributed by atoms with Gasteiger partial charge in [0.2, 0.25) is 0 Å². The highest BCUT2D eigenvalue weighted by atomic mass is 35.5. The molecule has 0 spiro atoms. The summed E-state index contributed by atoms with van der Waals surface area (Å²) in [7, 11) is 0. The summed E-state index contributed by atoms with van der Waals surface area (Å²) >= 11 is 11.8. The summed E-state index contributed by atoms with van der Waals surface area (Å²) in [6.07, 6.45) is 1.51. The molecule has 0 saturated carbocycles. The standard InChI is InChI=1S/C15H19Cl2NO4/c16-11-5-10(14(19)13(17)6-11)7-18-8-12(15(20)21)9-1-3-22-4-2-9/h5-6,9,12,18-19H,1-4,7-8H2,(H,20,21). The van der Waals surface area contributed by atoms with E-state index < -0.39 is 11.9 Å². The Morgan fingerprint density at radius 2 is 2.05 bits per heavy atom. The van der Waals surface area contributed by atoms with Gasteiger partial charge in [-0.3, -0.25) is 4.79 Å². The molecule has 7 heteroatoms. The molecule has 2 rings (SSSR count). The van der Waals surface area contributed by atoms with E-state index in [0.717, 1.165) is 12.8 Å². The summed E-state index contributed by atoms with van der Waals surface area (Å²) < 4.78 is 5.27. The van der Waals surface area contributed by atoms with Crippen LogP contribution in [-0.2, 0) is 16.1 Å². The molecule has 1 aromatic carbocycles. The zero-order chi connectivity index (χ0) is 16.1. The predicted molar refractivity (Wildman–Crippen MR) is 84.5 cm³/mol. The van der Waals surface area contributed by atoms with Gasteiger partial charge in [0, 0.05) is 36.9 Å². The number of aromatic hydroxyl groups is 1. The molecule has 1 aliphatic rings. The summed E-state index contributed by atoms with van der Waals surface area (Å²) in [4.78, 5) is 11.4. The first-order valence-electron chi connectivity index (χ1n) is 7.17. The number of hydrogen-bond acceptors (Lipinski definition) is 4. The Morgan fingerprint density at radius 1 is 1.36 bits per heavy atom. The number of phenols is 1. The molecule has 1 heterocycles. The van der Waals surface area contributed by atoms with Gasteiger partial charge in [-0.05, 0) is 30.9 Å². The molecule has 5 nitrogen and oxygen atoms in total. The van der Waals surface area contributed by atoms with Crippen LogP contribution in [0.15, 0.2) is 12.1 Å². The van der Waals surface area contributed by atoms with Crippen molar-refractivity contribution in [2.24, 2.45) is 11.8 Å². The summed E-state index contributed by atoms with van der Waals surface area (Å²) in [5.74, 6) is -1.21. The maximum absolute atomic E-state index is 11.4. The van der Waals surface area contributed by atoms with Gasteiger partial charge in [0.05, 0.1) is 10.9 Å². The molecule has 1 aliphatic heterocycles. The number of nitrogens with one attached hydrogen (secondary N) is 1. The molecular weight excluding hydrogens is 329 g/mol. The fourth-order valence-corrected chi connectivity index (χ4v) is 3.23. The fraction of sp³-hybridized carbons (Fsp3) is 0.533. The zero-order valence-corrected chi connectivity index (χ0v) is 13.5. The third-order valence-electron chi connectivity index (χ3n) is 3.94. The van der Waals surface area contributed by atoms with Gasteiger partial charge in [-0.2, -0.15) is 0 Å². The summed E-state index contributed by atoms with van der Waals surface area (Å²) in [6.45, 7) is 1.85. The molecule has 1 unspecified atom stereocenters. The lowest BCUT2D eigenvalue weighted by atomic mass is 9.86. The number of rotatable bonds is 6. The normalized spacial score (nSPS) is 17.4. The van der Waals surface area contributed by atoms with Crippen LogP contribution in [-0.4, -0.2) is 35.9 Å². The lowest BCUT2D eigenvalue weighted by molar-refractivity contribution is -0.144. The Kier molecular flexibility index (Phi) is 6.32. The molecule has 1 fully saturated rings. The van der Waals surface area contributed by atoms with Gasteiger partial charge in [-0.1, -0.05) is 23.2 Å². The minimum absolute atomic E-state index is 0.0310. The van der Waals surface area contributed by atoms with Crippen molar-refractivity contribution >= 4 is 29.2 Å². The van der Waals surface area contributed by atoms with E-state index in [1.807, 2.05) is 0 Å². The lowest BCUT2D eigenvalue weighted by Crippen LogP contribution is -2.36. The topological polar surface area (TPSA) is 78.8 Å². The zero-order valence-electron chi connectivity index (χ0n) is 12.0. The third kappa shape index (κ3) is 4.49. The van der Waals surface area contributed by atoms with Crippen molar-refractivity contribution < 1.29 is 19.7 Å². The predicted octanol–water partition coefficient (Wildman–Crippen LogP) is 2.92. The highest BCUT2D eigenvalue weighted by molar-refractivity contribution is 6.35. The molecule has 0 aromatic heterocycles. The Hall–Kier alpha value is -1.01. The lowest BCUT2D eigenvalue weighted by Gasteiger charge is -2.27. The second kappa shape index (κ2) is 8.02. The molecular formula is C15H19Cl2NO4. The first-order valence-corrected chi connectivity index (χ1v) is 7.92. The van der Waals surface area contributed by atoms with Crippen molar-refractivity contribution in [1.82, 2.24) is 5.32 Å².